The van der Waals surface area contributed by atoms with Crippen LogP contribution in [-0.4, -0.2) is 40.0 Å². The number of carbonyl (C=O) groups excluding carboxylic acids is 2. The Labute approximate surface area is 214 Å². The Morgan fingerprint density at radius 1 is 1.12 bits per heavy atom. The molecule has 0 fully saturated rings. The van der Waals surface area contributed by atoms with Crippen molar-refractivity contribution < 1.29 is 14.5 Å². The minimum atomic E-state index is -0.668. The Morgan fingerprint density at radius 3 is 2.26 bits per heavy atom. The zero-order valence-electron chi connectivity index (χ0n) is 19.4. The van der Waals surface area contributed by atoms with Crippen LogP contribution < -0.4 is 5.32 Å². The lowest BCUT2D eigenvalue weighted by Crippen LogP contribution is -2.50. The number of rotatable bonds is 12. The summed E-state index contributed by atoms with van der Waals surface area (Å²) in [6.07, 6.45) is 0.435. The number of halogens is 2. The normalized spacial score (nSPS) is 11.8. The maximum absolute atomic E-state index is 13.3. The van der Waals surface area contributed by atoms with E-state index in [0.29, 0.717) is 34.3 Å². The van der Waals surface area contributed by atoms with Crippen LogP contribution in [0.15, 0.2) is 42.5 Å². The molecule has 0 radical (unpaired) electrons. The molecule has 2 aromatic rings. The lowest BCUT2D eigenvalue weighted by atomic mass is 10.1. The Hall–Kier alpha value is -2.29. The maximum Gasteiger partial charge on any atom is 0.269 e. The number of hydrogen-bond donors (Lipinski definition) is 1. The van der Waals surface area contributed by atoms with E-state index in [0.717, 1.165) is 5.56 Å². The van der Waals surface area contributed by atoms with Gasteiger partial charge in [-0.25, -0.2) is 0 Å². The molecule has 0 spiro atoms. The van der Waals surface area contributed by atoms with E-state index >= 15 is 0 Å². The Bertz CT molecular complexity index is 982. The monoisotopic (exact) mass is 525 g/mol. The number of thioether (sulfide) groups is 1. The van der Waals surface area contributed by atoms with Crippen molar-refractivity contribution in [3.05, 3.63) is 73.8 Å². The predicted molar refractivity (Wildman–Crippen MR) is 138 cm³/mol. The lowest BCUT2D eigenvalue weighted by Gasteiger charge is -2.31. The van der Waals surface area contributed by atoms with Gasteiger partial charge in [0.25, 0.3) is 5.69 Å². The number of non-ortho nitro benzene ring substituents is 1. The second-order valence-corrected chi connectivity index (χ2v) is 10.0. The number of carbonyl (C=O) groups is 2. The molecule has 1 N–H and O–H groups in total. The highest BCUT2D eigenvalue weighted by atomic mass is 35.5. The molecule has 2 aromatic carbocycles. The van der Waals surface area contributed by atoms with Crippen molar-refractivity contribution in [3.8, 4) is 0 Å². The van der Waals surface area contributed by atoms with Gasteiger partial charge in [0.2, 0.25) is 11.8 Å². The molecule has 0 saturated carbocycles. The van der Waals surface area contributed by atoms with Crippen molar-refractivity contribution in [2.75, 3.05) is 12.3 Å². The standard InChI is InChI=1S/C24H29Cl2N3O4S/c1-4-22(24(31)27-12-16(2)3)28(13-19-20(25)6-5-7-21(19)26)23(30)15-34-14-17-8-10-18(11-9-17)29(32)33/h5-11,16,22H,4,12-15H2,1-3H3,(H,27,31)/t22-/m0/s1. The number of amides is 2. The van der Waals surface area contributed by atoms with Crippen molar-refractivity contribution in [2.24, 2.45) is 5.92 Å². The summed E-state index contributed by atoms with van der Waals surface area (Å²) in [5.41, 5.74) is 1.48. The van der Waals surface area contributed by atoms with Crippen LogP contribution in [0.5, 0.6) is 0 Å². The summed E-state index contributed by atoms with van der Waals surface area (Å²) in [5, 5.41) is 14.6. The number of benzene rings is 2. The summed E-state index contributed by atoms with van der Waals surface area (Å²) in [6, 6.07) is 10.7. The maximum atomic E-state index is 13.3. The fourth-order valence-corrected chi connectivity index (χ4v) is 4.64. The summed E-state index contributed by atoms with van der Waals surface area (Å²) in [7, 11) is 0. The largest absolute Gasteiger partial charge is 0.354 e. The zero-order valence-corrected chi connectivity index (χ0v) is 21.8. The smallest absolute Gasteiger partial charge is 0.269 e. The van der Waals surface area contributed by atoms with Gasteiger partial charge in [-0.3, -0.25) is 19.7 Å². The van der Waals surface area contributed by atoms with Crippen LogP contribution in [-0.2, 0) is 21.9 Å². The van der Waals surface area contributed by atoms with Gasteiger partial charge in [-0.2, -0.15) is 0 Å². The van der Waals surface area contributed by atoms with Gasteiger partial charge in [-0.15, -0.1) is 11.8 Å². The minimum Gasteiger partial charge on any atom is -0.354 e. The molecule has 34 heavy (non-hydrogen) atoms. The molecule has 0 aliphatic carbocycles. The molecular formula is C24H29Cl2N3O4S. The second-order valence-electron chi connectivity index (χ2n) is 8.20. The molecule has 0 saturated heterocycles. The molecule has 0 aromatic heterocycles. The first-order chi connectivity index (χ1) is 16.1. The SMILES string of the molecule is CC[C@@H](C(=O)NCC(C)C)N(Cc1c(Cl)cccc1Cl)C(=O)CSCc1ccc([N+](=O)[O-])cc1. The molecule has 0 bridgehead atoms. The van der Waals surface area contributed by atoms with E-state index in [-0.39, 0.29) is 35.7 Å². The lowest BCUT2D eigenvalue weighted by molar-refractivity contribution is -0.384. The van der Waals surface area contributed by atoms with Crippen LogP contribution in [0.2, 0.25) is 10.0 Å². The third kappa shape index (κ3) is 8.18. The Kier molecular flexibility index (Phi) is 11.1. The van der Waals surface area contributed by atoms with Crippen molar-refractivity contribution >= 4 is 52.5 Å². The average Bonchev–Trinajstić information content (AvgIpc) is 2.79. The van der Waals surface area contributed by atoms with Crippen LogP contribution in [0, 0.1) is 16.0 Å². The second kappa shape index (κ2) is 13.6. The molecule has 1 atom stereocenters. The van der Waals surface area contributed by atoms with Gasteiger partial charge in [0.1, 0.15) is 6.04 Å². The zero-order chi connectivity index (χ0) is 25.3. The highest BCUT2D eigenvalue weighted by Gasteiger charge is 2.29. The molecule has 0 heterocycles. The van der Waals surface area contributed by atoms with Crippen LogP contribution in [0.3, 0.4) is 0 Å². The highest BCUT2D eigenvalue weighted by Crippen LogP contribution is 2.27. The molecule has 0 aliphatic heterocycles. The van der Waals surface area contributed by atoms with E-state index in [1.807, 2.05) is 20.8 Å². The molecule has 2 rings (SSSR count). The van der Waals surface area contributed by atoms with E-state index in [9.17, 15) is 19.7 Å². The van der Waals surface area contributed by atoms with Gasteiger partial charge in [0, 0.05) is 46.6 Å². The van der Waals surface area contributed by atoms with E-state index in [2.05, 4.69) is 5.32 Å². The predicted octanol–water partition coefficient (Wildman–Crippen LogP) is 5.71. The topological polar surface area (TPSA) is 92.6 Å². The van der Waals surface area contributed by atoms with E-state index < -0.39 is 11.0 Å². The molecule has 184 valence electrons. The van der Waals surface area contributed by atoms with Crippen LogP contribution in [0.25, 0.3) is 0 Å². The summed E-state index contributed by atoms with van der Waals surface area (Å²) in [4.78, 5) is 38.1. The first-order valence-corrected chi connectivity index (χ1v) is 12.9. The number of nitro groups is 1. The fraction of sp³-hybridized carbons (Fsp3) is 0.417. The first kappa shape index (κ1) is 28.0. The van der Waals surface area contributed by atoms with Crippen LogP contribution >= 0.6 is 35.0 Å². The van der Waals surface area contributed by atoms with Gasteiger partial charge >= 0.3 is 0 Å². The Morgan fingerprint density at radius 2 is 1.74 bits per heavy atom. The minimum absolute atomic E-state index is 0.0193. The molecule has 2 amide bonds. The van der Waals surface area contributed by atoms with Gasteiger partial charge in [0.15, 0.2) is 0 Å². The van der Waals surface area contributed by atoms with Gasteiger partial charge in [-0.1, -0.05) is 62.2 Å². The molecule has 10 heteroatoms. The summed E-state index contributed by atoms with van der Waals surface area (Å²) in [5.74, 6) is 0.483. The third-order valence-corrected chi connectivity index (χ3v) is 6.80. The summed E-state index contributed by atoms with van der Waals surface area (Å²) >= 11 is 14.1. The molecule has 0 unspecified atom stereocenters. The number of nitrogens with zero attached hydrogens (tertiary/aromatic N) is 2. The number of hydrogen-bond acceptors (Lipinski definition) is 5. The number of nitro benzene ring substituents is 1. The number of nitrogens with one attached hydrogen (secondary N) is 1. The Balaban J connectivity index is 2.16. The first-order valence-electron chi connectivity index (χ1n) is 10.9. The molecule has 7 nitrogen and oxygen atoms in total. The van der Waals surface area contributed by atoms with E-state index in [1.165, 1.54) is 28.8 Å². The summed E-state index contributed by atoms with van der Waals surface area (Å²) < 4.78 is 0. The summed E-state index contributed by atoms with van der Waals surface area (Å²) in [6.45, 7) is 6.49. The van der Waals surface area contributed by atoms with E-state index in [1.54, 1.807) is 30.3 Å². The van der Waals surface area contributed by atoms with Crippen molar-refractivity contribution in [1.82, 2.24) is 10.2 Å². The quantitative estimate of drug-likeness (QED) is 0.282. The molecular weight excluding hydrogens is 497 g/mol. The highest BCUT2D eigenvalue weighted by molar-refractivity contribution is 7.99. The van der Waals surface area contributed by atoms with Crippen molar-refractivity contribution in [2.45, 2.75) is 45.5 Å². The van der Waals surface area contributed by atoms with Gasteiger partial charge in [0.05, 0.1) is 10.7 Å². The average molecular weight is 526 g/mol. The fourth-order valence-electron chi connectivity index (χ4n) is 3.25. The van der Waals surface area contributed by atoms with Crippen LogP contribution in [0.4, 0.5) is 5.69 Å². The van der Waals surface area contributed by atoms with E-state index in [4.69, 9.17) is 23.2 Å². The van der Waals surface area contributed by atoms with Crippen molar-refractivity contribution in [1.29, 1.82) is 0 Å². The van der Waals surface area contributed by atoms with Crippen molar-refractivity contribution in [3.63, 3.8) is 0 Å². The molecule has 0 aliphatic rings. The van der Waals surface area contributed by atoms with Gasteiger partial charge in [-0.05, 0) is 30.0 Å². The van der Waals surface area contributed by atoms with Crippen LogP contribution in [0.1, 0.15) is 38.3 Å². The third-order valence-electron chi connectivity index (χ3n) is 5.10. The van der Waals surface area contributed by atoms with Gasteiger partial charge < -0.3 is 10.2 Å².